The Morgan fingerprint density at radius 3 is 2.44 bits per heavy atom. The highest BCUT2D eigenvalue weighted by atomic mass is 19.1. The second-order valence-electron chi connectivity index (χ2n) is 3.29. The second kappa shape index (κ2) is 6.15. The van der Waals surface area contributed by atoms with E-state index in [1.54, 1.807) is 0 Å². The van der Waals surface area contributed by atoms with Crippen molar-refractivity contribution in [3.05, 3.63) is 23.5 Å². The number of methoxy groups -OCH3 is 1. The second-order valence-corrected chi connectivity index (χ2v) is 3.29. The Labute approximate surface area is 94.8 Å². The number of hydrogen-bond donors (Lipinski definition) is 0. The lowest BCUT2D eigenvalue weighted by molar-refractivity contribution is 0.0592. The number of rotatable bonds is 2. The minimum absolute atomic E-state index is 0.00993. The molecule has 4 nitrogen and oxygen atoms in total. The fourth-order valence-electron chi connectivity index (χ4n) is 0.896. The van der Waals surface area contributed by atoms with Gasteiger partial charge >= 0.3 is 5.97 Å². The van der Waals surface area contributed by atoms with Crippen LogP contribution in [-0.4, -0.2) is 23.3 Å². The molecule has 0 bridgehead atoms. The number of carbonyl (C=O) groups is 1. The van der Waals surface area contributed by atoms with Crippen molar-refractivity contribution in [1.82, 2.24) is 10.2 Å². The van der Waals surface area contributed by atoms with E-state index in [0.717, 1.165) is 0 Å². The molecule has 0 fully saturated rings. The quantitative estimate of drug-likeness (QED) is 0.730. The van der Waals surface area contributed by atoms with E-state index in [4.69, 9.17) is 0 Å². The summed E-state index contributed by atoms with van der Waals surface area (Å²) in [6.07, 6.45) is 1.28. The number of hydrogen-bond acceptors (Lipinski definition) is 4. The van der Waals surface area contributed by atoms with Crippen molar-refractivity contribution >= 4 is 5.97 Å². The number of halogens is 1. The molecule has 1 aromatic heterocycles. The summed E-state index contributed by atoms with van der Waals surface area (Å²) in [7, 11) is 1.23. The molecule has 90 valence electrons. The van der Waals surface area contributed by atoms with Gasteiger partial charge in [-0.3, -0.25) is 0 Å². The Morgan fingerprint density at radius 1 is 1.44 bits per heavy atom. The SMILES string of the molecule is CC.COC(=O)c1cc(C(C)(C)F)cnn1. The van der Waals surface area contributed by atoms with Crippen LogP contribution >= 0.6 is 0 Å². The van der Waals surface area contributed by atoms with E-state index in [9.17, 15) is 9.18 Å². The highest BCUT2D eigenvalue weighted by Crippen LogP contribution is 2.23. The zero-order valence-electron chi connectivity index (χ0n) is 10.2. The molecule has 1 rings (SSSR count). The van der Waals surface area contributed by atoms with Crippen molar-refractivity contribution in [3.63, 3.8) is 0 Å². The standard InChI is InChI=1S/C9H11FN2O2.C2H6/c1-9(2,10)6-4-7(8(13)14-3)12-11-5-6;1-2/h4-5H,1-3H3;1-2H3. The highest BCUT2D eigenvalue weighted by molar-refractivity contribution is 5.87. The van der Waals surface area contributed by atoms with Gasteiger partial charge < -0.3 is 4.74 Å². The van der Waals surface area contributed by atoms with Gasteiger partial charge in [0.25, 0.3) is 0 Å². The van der Waals surface area contributed by atoms with Crippen molar-refractivity contribution in [3.8, 4) is 0 Å². The van der Waals surface area contributed by atoms with Crippen LogP contribution < -0.4 is 0 Å². The molecule has 0 atom stereocenters. The summed E-state index contributed by atoms with van der Waals surface area (Å²) < 4.78 is 17.9. The van der Waals surface area contributed by atoms with Crippen molar-refractivity contribution < 1.29 is 13.9 Å². The van der Waals surface area contributed by atoms with Crippen molar-refractivity contribution in [1.29, 1.82) is 0 Å². The van der Waals surface area contributed by atoms with Gasteiger partial charge in [-0.1, -0.05) is 13.8 Å². The van der Waals surface area contributed by atoms with E-state index in [-0.39, 0.29) is 5.69 Å². The first-order valence-electron chi connectivity index (χ1n) is 5.05. The van der Waals surface area contributed by atoms with Crippen molar-refractivity contribution in [2.24, 2.45) is 0 Å². The topological polar surface area (TPSA) is 52.1 Å². The molecule has 16 heavy (non-hydrogen) atoms. The maximum atomic E-state index is 13.4. The van der Waals surface area contributed by atoms with Crippen LogP contribution in [0.4, 0.5) is 4.39 Å². The molecule has 0 spiro atoms. The number of ether oxygens (including phenoxy) is 1. The van der Waals surface area contributed by atoms with Crippen LogP contribution in [0.25, 0.3) is 0 Å². The van der Waals surface area contributed by atoms with Gasteiger partial charge in [-0.05, 0) is 19.9 Å². The minimum atomic E-state index is -1.54. The van der Waals surface area contributed by atoms with E-state index < -0.39 is 11.6 Å². The molecular formula is C11H17FN2O2. The third-order valence-corrected chi connectivity index (χ3v) is 1.74. The molecule has 1 aromatic rings. The number of alkyl halides is 1. The predicted octanol–water partition coefficient (Wildman–Crippen LogP) is 2.49. The normalized spacial score (nSPS) is 10.1. The number of nitrogens with zero attached hydrogens (tertiary/aromatic N) is 2. The molecule has 0 saturated heterocycles. The van der Waals surface area contributed by atoms with Crippen LogP contribution in [0.15, 0.2) is 12.3 Å². The first-order valence-corrected chi connectivity index (χ1v) is 5.05. The number of esters is 1. The minimum Gasteiger partial charge on any atom is -0.464 e. The van der Waals surface area contributed by atoms with Gasteiger partial charge in [0.15, 0.2) is 5.69 Å². The Kier molecular flexibility index (Phi) is 5.56. The molecule has 0 amide bonds. The molecule has 1 heterocycles. The lowest BCUT2D eigenvalue weighted by Gasteiger charge is -2.13. The lowest BCUT2D eigenvalue weighted by Crippen LogP contribution is -2.13. The smallest absolute Gasteiger partial charge is 0.358 e. The molecule has 0 radical (unpaired) electrons. The Balaban J connectivity index is 0.00000106. The fourth-order valence-corrected chi connectivity index (χ4v) is 0.896. The zero-order valence-corrected chi connectivity index (χ0v) is 10.2. The van der Waals surface area contributed by atoms with Crippen molar-refractivity contribution in [2.75, 3.05) is 7.11 Å². The van der Waals surface area contributed by atoms with Crippen LogP contribution in [-0.2, 0) is 10.4 Å². The highest BCUT2D eigenvalue weighted by Gasteiger charge is 2.21. The maximum Gasteiger partial charge on any atom is 0.358 e. The van der Waals surface area contributed by atoms with Gasteiger partial charge in [-0.15, -0.1) is 5.10 Å². The van der Waals surface area contributed by atoms with Crippen LogP contribution in [0.5, 0.6) is 0 Å². The lowest BCUT2D eigenvalue weighted by atomic mass is 10.0. The summed E-state index contributed by atoms with van der Waals surface area (Å²) in [5.41, 5.74) is -1.23. The number of aromatic nitrogens is 2. The maximum absolute atomic E-state index is 13.4. The summed E-state index contributed by atoms with van der Waals surface area (Å²) in [5, 5.41) is 7.06. The molecule has 0 N–H and O–H groups in total. The fraction of sp³-hybridized carbons (Fsp3) is 0.545. The third-order valence-electron chi connectivity index (χ3n) is 1.74. The average molecular weight is 228 g/mol. The molecule has 0 saturated carbocycles. The molecule has 0 aromatic carbocycles. The van der Waals surface area contributed by atoms with Crippen LogP contribution in [0.2, 0.25) is 0 Å². The van der Waals surface area contributed by atoms with Crippen LogP contribution in [0.1, 0.15) is 43.7 Å². The molecule has 0 aliphatic rings. The van der Waals surface area contributed by atoms with E-state index in [2.05, 4.69) is 14.9 Å². The molecule has 5 heteroatoms. The van der Waals surface area contributed by atoms with Gasteiger partial charge in [0, 0.05) is 5.56 Å². The largest absolute Gasteiger partial charge is 0.464 e. The Hall–Kier alpha value is -1.52. The summed E-state index contributed by atoms with van der Waals surface area (Å²) in [6, 6.07) is 1.33. The van der Waals surface area contributed by atoms with E-state index in [0.29, 0.717) is 5.56 Å². The van der Waals surface area contributed by atoms with Gasteiger partial charge in [0.1, 0.15) is 5.67 Å². The average Bonchev–Trinajstić information content (AvgIpc) is 2.30. The summed E-state index contributed by atoms with van der Waals surface area (Å²) >= 11 is 0. The Bertz CT molecular complexity index is 348. The predicted molar refractivity (Wildman–Crippen MR) is 58.9 cm³/mol. The van der Waals surface area contributed by atoms with Gasteiger partial charge in [0.2, 0.25) is 0 Å². The zero-order chi connectivity index (χ0) is 12.8. The van der Waals surface area contributed by atoms with Gasteiger partial charge in [-0.25, -0.2) is 9.18 Å². The monoisotopic (exact) mass is 228 g/mol. The molecule has 0 aliphatic heterocycles. The first-order chi connectivity index (χ1) is 7.45. The van der Waals surface area contributed by atoms with E-state index in [1.807, 2.05) is 13.8 Å². The van der Waals surface area contributed by atoms with Crippen LogP contribution in [0.3, 0.4) is 0 Å². The molecule has 0 unspecified atom stereocenters. The summed E-state index contributed by atoms with van der Waals surface area (Å²) in [6.45, 7) is 6.76. The van der Waals surface area contributed by atoms with Crippen LogP contribution in [0, 0.1) is 0 Å². The van der Waals surface area contributed by atoms with E-state index in [1.165, 1.54) is 33.2 Å². The first kappa shape index (κ1) is 14.5. The summed E-state index contributed by atoms with van der Waals surface area (Å²) in [5.74, 6) is -0.622. The van der Waals surface area contributed by atoms with Gasteiger partial charge in [-0.2, -0.15) is 5.10 Å². The number of carbonyl (C=O) groups excluding carboxylic acids is 1. The molecular weight excluding hydrogens is 211 g/mol. The molecule has 0 aliphatic carbocycles. The summed E-state index contributed by atoms with van der Waals surface area (Å²) in [4.78, 5) is 11.0. The third kappa shape index (κ3) is 3.92. The van der Waals surface area contributed by atoms with Gasteiger partial charge in [0.05, 0.1) is 13.3 Å². The Morgan fingerprint density at radius 2 is 2.00 bits per heavy atom. The van der Waals surface area contributed by atoms with Crippen molar-refractivity contribution in [2.45, 2.75) is 33.4 Å². The van der Waals surface area contributed by atoms with E-state index >= 15 is 0 Å².